The first-order valence-corrected chi connectivity index (χ1v) is 25.1. The first-order valence-electron chi connectivity index (χ1n) is 21.1. The standard InChI is InChI=1S/C20H34N4O5S2.C20H32N4O5S2/c2*1-5-6-14(17(27)19(29)21-10-16(26)22-12(2)13(3)25)23-18(28)15-9-20(11-24(15)4)30-7-8-31-20/h12,14-15,17,27H,5-11H2,1-4H3,(H,21,29)(H,22,26)(H,23,28);12,14-15H,5-11H2,1-4H3,(H,21,29)(H,22,26)(H,23,28)/t12-,14?,15-,17?;12-,14?,15-/m00/s1. The second-order valence-electron chi connectivity index (χ2n) is 16.2. The lowest BCUT2D eigenvalue weighted by atomic mass is 10.0. The third kappa shape index (κ3) is 15.7. The highest BCUT2D eigenvalue weighted by Gasteiger charge is 2.50. The number of carbonyl (C=O) groups excluding carboxylic acids is 9. The number of hydrogen-bond acceptors (Lipinski definition) is 16. The Bertz CT molecular complexity index is 1650. The van der Waals surface area contributed by atoms with E-state index in [1.165, 1.54) is 20.8 Å². The second kappa shape index (κ2) is 25.0. The van der Waals surface area contributed by atoms with Crippen molar-refractivity contribution in [3.05, 3.63) is 0 Å². The molecule has 7 atom stereocenters. The molecule has 4 fully saturated rings. The van der Waals surface area contributed by atoms with Crippen LogP contribution in [0.2, 0.25) is 0 Å². The molecular weight excluding hydrogens is 881 g/mol. The van der Waals surface area contributed by atoms with Crippen LogP contribution in [-0.2, 0) is 43.2 Å². The molecule has 0 radical (unpaired) electrons. The number of rotatable bonds is 20. The molecule has 0 saturated carbocycles. The van der Waals surface area contributed by atoms with Crippen LogP contribution >= 0.6 is 47.0 Å². The Hall–Kier alpha value is -2.89. The number of amides is 6. The van der Waals surface area contributed by atoms with Crippen molar-refractivity contribution in [3.63, 3.8) is 0 Å². The average Bonchev–Trinajstić information content (AvgIpc) is 4.02. The van der Waals surface area contributed by atoms with E-state index >= 15 is 0 Å². The van der Waals surface area contributed by atoms with Crippen molar-refractivity contribution in [1.82, 2.24) is 41.7 Å². The number of nitrogens with one attached hydrogen (secondary N) is 6. The van der Waals surface area contributed by atoms with Crippen molar-refractivity contribution in [2.24, 2.45) is 0 Å². The summed E-state index contributed by atoms with van der Waals surface area (Å²) in [6.45, 7) is 10.4. The third-order valence-corrected chi connectivity index (χ3v) is 18.0. The number of aliphatic hydroxyl groups excluding tert-OH is 1. The minimum absolute atomic E-state index is 0.0305. The Kier molecular flexibility index (Phi) is 21.5. The first kappa shape index (κ1) is 53.4. The van der Waals surface area contributed by atoms with Gasteiger partial charge in [-0.1, -0.05) is 26.7 Å². The number of hydrogen-bond donors (Lipinski definition) is 7. The van der Waals surface area contributed by atoms with E-state index in [4.69, 9.17) is 0 Å². The molecule has 62 heavy (non-hydrogen) atoms. The molecule has 0 aliphatic carbocycles. The number of ketones is 3. The molecule has 0 bridgehead atoms. The van der Waals surface area contributed by atoms with Crippen LogP contribution in [0.25, 0.3) is 0 Å². The zero-order valence-electron chi connectivity index (χ0n) is 37.1. The highest BCUT2D eigenvalue weighted by molar-refractivity contribution is 8.21. The molecule has 4 aliphatic heterocycles. The summed E-state index contributed by atoms with van der Waals surface area (Å²) >= 11 is 7.57. The Morgan fingerprint density at radius 2 is 1.06 bits per heavy atom. The Morgan fingerprint density at radius 3 is 1.48 bits per heavy atom. The molecule has 4 heterocycles. The zero-order valence-corrected chi connectivity index (χ0v) is 40.4. The van der Waals surface area contributed by atoms with Gasteiger partial charge in [0.25, 0.3) is 11.8 Å². The molecule has 6 amide bonds. The van der Waals surface area contributed by atoms with Gasteiger partial charge < -0.3 is 37.0 Å². The maximum Gasteiger partial charge on any atom is 0.290 e. The summed E-state index contributed by atoms with van der Waals surface area (Å²) in [5.41, 5.74) is 0. The Labute approximate surface area is 382 Å². The largest absolute Gasteiger partial charge is 0.381 e. The SMILES string of the molecule is CCCC(NC(=O)[C@@H]1CC2(CN1C)SCCS2)C(=O)C(=O)NCC(=O)N[C@@H](C)C(C)=O.CCCC(NC(=O)[C@@H]1CC2(CN1C)SCCS2)C(O)C(=O)NCC(=O)N[C@@H](C)C(C)=O. The number of carbonyl (C=O) groups is 9. The molecule has 2 spiro atoms. The van der Waals surface area contributed by atoms with Crippen molar-refractivity contribution >= 4 is 99.8 Å². The van der Waals surface area contributed by atoms with Crippen molar-refractivity contribution in [3.8, 4) is 0 Å². The van der Waals surface area contributed by atoms with E-state index in [0.717, 1.165) is 42.5 Å². The number of likely N-dealkylation sites (tertiary alicyclic amines) is 2. The van der Waals surface area contributed by atoms with Gasteiger partial charge in [-0.25, -0.2) is 0 Å². The van der Waals surface area contributed by atoms with Crippen LogP contribution in [0, 0.1) is 0 Å². The second-order valence-corrected chi connectivity index (χ2v) is 22.7. The zero-order chi connectivity index (χ0) is 46.4. The van der Waals surface area contributed by atoms with Crippen molar-refractivity contribution in [1.29, 1.82) is 0 Å². The fourth-order valence-corrected chi connectivity index (χ4v) is 14.2. The Morgan fingerprint density at radius 1 is 0.645 bits per heavy atom. The molecule has 22 heteroatoms. The van der Waals surface area contributed by atoms with Crippen LogP contribution in [0.5, 0.6) is 0 Å². The van der Waals surface area contributed by atoms with Gasteiger partial charge in [0.05, 0.1) is 57.5 Å². The van der Waals surface area contributed by atoms with Gasteiger partial charge >= 0.3 is 0 Å². The molecule has 4 saturated heterocycles. The lowest BCUT2D eigenvalue weighted by Crippen LogP contribution is -2.55. The predicted molar refractivity (Wildman–Crippen MR) is 245 cm³/mol. The lowest BCUT2D eigenvalue weighted by Gasteiger charge is -2.26. The molecule has 0 aromatic heterocycles. The van der Waals surface area contributed by atoms with Crippen LogP contribution in [0.3, 0.4) is 0 Å². The van der Waals surface area contributed by atoms with Gasteiger partial charge in [0.15, 0.2) is 17.7 Å². The lowest BCUT2D eigenvalue weighted by molar-refractivity contribution is -0.141. The molecule has 0 aromatic carbocycles. The quantitative estimate of drug-likeness (QED) is 0.0771. The molecule has 7 N–H and O–H groups in total. The topological polar surface area (TPSA) is 253 Å². The van der Waals surface area contributed by atoms with E-state index in [9.17, 15) is 48.3 Å². The number of Topliss-reactive ketones (excluding diaryl/α,β-unsaturated/α-hetero) is 3. The maximum atomic E-state index is 12.9. The summed E-state index contributed by atoms with van der Waals surface area (Å²) in [7, 11) is 3.83. The molecule has 4 rings (SSSR count). The Balaban J connectivity index is 0.000000330. The van der Waals surface area contributed by atoms with E-state index in [1.807, 2.05) is 84.8 Å². The van der Waals surface area contributed by atoms with Crippen molar-refractivity contribution in [2.75, 3.05) is 63.3 Å². The molecule has 3 unspecified atom stereocenters. The van der Waals surface area contributed by atoms with Crippen molar-refractivity contribution < 1.29 is 48.3 Å². The first-order chi connectivity index (χ1) is 29.2. The molecule has 0 aromatic rings. The van der Waals surface area contributed by atoms with E-state index < -0.39 is 66.2 Å². The van der Waals surface area contributed by atoms with Gasteiger partial charge in [0.2, 0.25) is 29.4 Å². The normalized spacial score (nSPS) is 22.6. The van der Waals surface area contributed by atoms with Crippen LogP contribution in [0.15, 0.2) is 0 Å². The van der Waals surface area contributed by atoms with Crippen LogP contribution in [0.1, 0.15) is 80.1 Å². The minimum atomic E-state index is -1.47. The van der Waals surface area contributed by atoms with Crippen LogP contribution in [0.4, 0.5) is 0 Å². The van der Waals surface area contributed by atoms with Gasteiger partial charge in [-0.2, -0.15) is 0 Å². The number of thioether (sulfide) groups is 4. The summed E-state index contributed by atoms with van der Waals surface area (Å²) in [5.74, 6) is -0.0584. The smallest absolute Gasteiger partial charge is 0.290 e. The summed E-state index contributed by atoms with van der Waals surface area (Å²) < 4.78 is 0.0835. The summed E-state index contributed by atoms with van der Waals surface area (Å²) in [4.78, 5) is 113. The predicted octanol–water partition coefficient (Wildman–Crippen LogP) is -0.347. The summed E-state index contributed by atoms with van der Waals surface area (Å²) in [6.07, 6.45) is 2.01. The monoisotopic (exact) mass is 946 g/mol. The van der Waals surface area contributed by atoms with Gasteiger partial charge in [0, 0.05) is 36.1 Å². The van der Waals surface area contributed by atoms with Gasteiger partial charge in [-0.15, -0.1) is 47.0 Å². The summed E-state index contributed by atoms with van der Waals surface area (Å²) in [5, 5.41) is 25.7. The number of likely N-dealkylation sites (N-methyl/N-ethyl adjacent to an activating group) is 2. The van der Waals surface area contributed by atoms with E-state index in [0.29, 0.717) is 32.1 Å². The molecule has 18 nitrogen and oxygen atoms in total. The van der Waals surface area contributed by atoms with Crippen molar-refractivity contribution in [2.45, 2.75) is 131 Å². The van der Waals surface area contributed by atoms with Gasteiger partial charge in [0.1, 0.15) is 0 Å². The summed E-state index contributed by atoms with van der Waals surface area (Å²) in [6, 6.07) is -3.64. The van der Waals surface area contributed by atoms with E-state index in [2.05, 4.69) is 31.9 Å². The fraction of sp³-hybridized carbons (Fsp3) is 0.775. The molecule has 4 aliphatic rings. The van der Waals surface area contributed by atoms with Gasteiger partial charge in [-0.3, -0.25) is 53.0 Å². The highest BCUT2D eigenvalue weighted by atomic mass is 32.2. The van der Waals surface area contributed by atoms with E-state index in [-0.39, 0.29) is 50.2 Å². The highest BCUT2D eigenvalue weighted by Crippen LogP contribution is 2.52. The minimum Gasteiger partial charge on any atom is -0.381 e. The fourth-order valence-electron chi connectivity index (χ4n) is 7.38. The number of nitrogens with zero attached hydrogens (tertiary/aromatic N) is 2. The average molecular weight is 947 g/mol. The molecular formula is C40H66N8O10S4. The van der Waals surface area contributed by atoms with Crippen LogP contribution < -0.4 is 31.9 Å². The third-order valence-electron chi connectivity index (χ3n) is 11.1. The van der Waals surface area contributed by atoms with Gasteiger partial charge in [-0.05, 0) is 67.5 Å². The molecule has 350 valence electrons. The maximum absolute atomic E-state index is 12.9. The van der Waals surface area contributed by atoms with E-state index in [1.54, 1.807) is 6.92 Å². The number of aliphatic hydroxyl groups is 1. The van der Waals surface area contributed by atoms with Crippen LogP contribution in [-0.4, -0.2) is 181 Å².